The van der Waals surface area contributed by atoms with Crippen molar-refractivity contribution in [1.82, 2.24) is 0 Å². The number of esters is 6. The smallest absolute Gasteiger partial charge is 0.338 e. The topological polar surface area (TPSA) is 225 Å². The van der Waals surface area contributed by atoms with Gasteiger partial charge in [0.1, 0.15) is 24.0 Å². The summed E-state index contributed by atoms with van der Waals surface area (Å²) in [5, 5.41) is 0.580. The van der Waals surface area contributed by atoms with Crippen LogP contribution < -0.4 is 10.4 Å². The SMILES string of the molecule is CC(=O)OCC1OC(Oc2ccc3c(C)cc(=O)oc3c2)C(OC2OC(C)C(OC(=O)c3ccccc3)C(OC(=O)c3ccccc3)C2OC(=O)c2ccccc2)C(OC(C)=O)C1OC(C)=O. The number of hydrogen-bond acceptors (Lipinski definition) is 18. The molecule has 2 aliphatic heterocycles. The first-order valence-corrected chi connectivity index (χ1v) is 21.1. The molecule has 4 aromatic carbocycles. The minimum atomic E-state index is -1.82. The standard InChI is InChI=1S/C49H46O18/c1-26-23-38(53)62-36-24-34(21-22-35(26)36)61-49-44(42(60-30(5)52)40(59-29(4)51)37(63-49)25-57-28(3)50)67-48-43(66-47(56)33-19-13-8-14-20-33)41(65-46(55)32-17-11-7-12-18-32)39(27(2)58-48)64-45(54)31-15-9-6-10-16-31/h6-24,27,37,39-44,48-49H,25H2,1-5H3. The van der Waals surface area contributed by atoms with Crippen LogP contribution in [-0.4, -0.2) is 104 Å². The van der Waals surface area contributed by atoms with E-state index in [9.17, 15) is 33.6 Å². The fourth-order valence-electron chi connectivity index (χ4n) is 7.58. The first-order valence-electron chi connectivity index (χ1n) is 21.1. The zero-order chi connectivity index (χ0) is 47.8. The average Bonchev–Trinajstić information content (AvgIpc) is 3.30. The van der Waals surface area contributed by atoms with Crippen molar-refractivity contribution in [2.75, 3.05) is 6.61 Å². The van der Waals surface area contributed by atoms with Crippen molar-refractivity contribution in [2.45, 2.75) is 96.0 Å². The Hall–Kier alpha value is -7.41. The monoisotopic (exact) mass is 922 g/mol. The summed E-state index contributed by atoms with van der Waals surface area (Å²) in [5.41, 5.74) is 0.418. The third kappa shape index (κ3) is 11.7. The Kier molecular flexibility index (Phi) is 15.1. The van der Waals surface area contributed by atoms with E-state index in [1.165, 1.54) is 61.5 Å². The average molecular weight is 923 g/mol. The van der Waals surface area contributed by atoms with Gasteiger partial charge in [0, 0.05) is 38.3 Å². The van der Waals surface area contributed by atoms with Gasteiger partial charge in [-0.05, 0) is 67.9 Å². The summed E-state index contributed by atoms with van der Waals surface area (Å²) in [4.78, 5) is 91.9. The molecule has 0 aliphatic carbocycles. The quantitative estimate of drug-likeness (QED) is 0.0768. The fourth-order valence-corrected chi connectivity index (χ4v) is 7.58. The molecule has 1 aromatic heterocycles. The van der Waals surface area contributed by atoms with Crippen molar-refractivity contribution >= 4 is 46.8 Å². The van der Waals surface area contributed by atoms with Crippen LogP contribution in [0.3, 0.4) is 0 Å². The highest BCUT2D eigenvalue weighted by atomic mass is 16.8. The van der Waals surface area contributed by atoms with Gasteiger partial charge in [-0.3, -0.25) is 14.4 Å². The molecule has 2 aliphatic rings. The van der Waals surface area contributed by atoms with Crippen molar-refractivity contribution in [2.24, 2.45) is 0 Å². The molecule has 18 heteroatoms. The van der Waals surface area contributed by atoms with E-state index in [0.29, 0.717) is 10.9 Å². The van der Waals surface area contributed by atoms with E-state index in [1.54, 1.807) is 67.6 Å². The van der Waals surface area contributed by atoms with Crippen LogP contribution >= 0.6 is 0 Å². The largest absolute Gasteiger partial charge is 0.463 e. The molecule has 10 unspecified atom stereocenters. The summed E-state index contributed by atoms with van der Waals surface area (Å²) in [6.45, 7) is 5.98. The molecule has 5 aromatic rings. The highest BCUT2D eigenvalue weighted by Crippen LogP contribution is 2.37. The maximum Gasteiger partial charge on any atom is 0.338 e. The molecule has 350 valence electrons. The molecule has 18 nitrogen and oxygen atoms in total. The number of carbonyl (C=O) groups is 6. The molecule has 0 radical (unpaired) electrons. The lowest BCUT2D eigenvalue weighted by molar-refractivity contribution is -0.353. The first kappa shape index (κ1) is 47.5. The van der Waals surface area contributed by atoms with E-state index < -0.39 is 109 Å². The Morgan fingerprint density at radius 2 is 1.04 bits per heavy atom. The van der Waals surface area contributed by atoms with Crippen LogP contribution in [0.1, 0.15) is 64.3 Å². The Bertz CT molecular complexity index is 2630. The van der Waals surface area contributed by atoms with Gasteiger partial charge in [-0.2, -0.15) is 0 Å². The Morgan fingerprint density at radius 3 is 1.58 bits per heavy atom. The summed E-state index contributed by atoms with van der Waals surface area (Å²) in [7, 11) is 0. The Labute approximate surface area is 382 Å². The maximum absolute atomic E-state index is 14.1. The molecular formula is C49H46O18. The van der Waals surface area contributed by atoms with E-state index in [0.717, 1.165) is 20.8 Å². The van der Waals surface area contributed by atoms with Crippen molar-refractivity contribution in [3.05, 3.63) is 148 Å². The molecule has 0 saturated carbocycles. The number of benzene rings is 4. The van der Waals surface area contributed by atoms with Gasteiger partial charge in [0.05, 0.1) is 22.8 Å². The number of ether oxygens (including phenoxy) is 10. The Morgan fingerprint density at radius 1 is 0.537 bits per heavy atom. The number of hydrogen-bond donors (Lipinski definition) is 0. The normalized spacial score (nSPS) is 24.6. The molecule has 2 saturated heterocycles. The van der Waals surface area contributed by atoms with Crippen LogP contribution in [0.4, 0.5) is 0 Å². The third-order valence-electron chi connectivity index (χ3n) is 10.6. The molecule has 0 spiro atoms. The number of fused-ring (bicyclic) bond motifs is 1. The Balaban J connectivity index is 1.35. The van der Waals surface area contributed by atoms with Gasteiger partial charge in [0.2, 0.25) is 6.29 Å². The van der Waals surface area contributed by atoms with E-state index in [-0.39, 0.29) is 28.0 Å². The van der Waals surface area contributed by atoms with Gasteiger partial charge >= 0.3 is 41.4 Å². The molecule has 2 fully saturated rings. The molecular weight excluding hydrogens is 877 g/mol. The molecule has 0 bridgehead atoms. The van der Waals surface area contributed by atoms with Crippen LogP contribution in [0.5, 0.6) is 5.75 Å². The van der Waals surface area contributed by atoms with Crippen LogP contribution in [-0.2, 0) is 57.0 Å². The third-order valence-corrected chi connectivity index (χ3v) is 10.6. The predicted octanol–water partition coefficient (Wildman–Crippen LogP) is 5.44. The van der Waals surface area contributed by atoms with Crippen LogP contribution in [0.2, 0.25) is 0 Å². The molecule has 7 rings (SSSR count). The summed E-state index contributed by atoms with van der Waals surface area (Å²) in [5.74, 6) is -5.11. The maximum atomic E-state index is 14.1. The minimum absolute atomic E-state index is 0.0335. The van der Waals surface area contributed by atoms with E-state index in [1.807, 2.05) is 0 Å². The molecule has 0 amide bonds. The van der Waals surface area contributed by atoms with Crippen molar-refractivity contribution in [1.29, 1.82) is 0 Å². The molecule has 10 atom stereocenters. The van der Waals surface area contributed by atoms with Gasteiger partial charge in [0.15, 0.2) is 42.9 Å². The summed E-state index contributed by atoms with van der Waals surface area (Å²) >= 11 is 0. The van der Waals surface area contributed by atoms with Crippen molar-refractivity contribution in [3.63, 3.8) is 0 Å². The lowest BCUT2D eigenvalue weighted by Gasteiger charge is -2.48. The highest BCUT2D eigenvalue weighted by molar-refractivity contribution is 5.91. The fraction of sp³-hybridized carbons (Fsp3) is 0.327. The first-order chi connectivity index (χ1) is 32.1. The van der Waals surface area contributed by atoms with E-state index >= 15 is 0 Å². The summed E-state index contributed by atoms with van der Waals surface area (Å²) < 4.78 is 66.3. The molecule has 67 heavy (non-hydrogen) atoms. The summed E-state index contributed by atoms with van der Waals surface area (Å²) in [6, 6.07) is 29.5. The molecule has 3 heterocycles. The zero-order valence-electron chi connectivity index (χ0n) is 36.8. The second kappa shape index (κ2) is 21.3. The minimum Gasteiger partial charge on any atom is -0.463 e. The second-order valence-electron chi connectivity index (χ2n) is 15.5. The number of rotatable bonds is 14. The van der Waals surface area contributed by atoms with Gasteiger partial charge in [-0.25, -0.2) is 19.2 Å². The van der Waals surface area contributed by atoms with Crippen LogP contribution in [0, 0.1) is 6.92 Å². The van der Waals surface area contributed by atoms with Gasteiger partial charge < -0.3 is 51.8 Å². The van der Waals surface area contributed by atoms with Crippen molar-refractivity contribution < 1.29 is 80.6 Å². The second-order valence-corrected chi connectivity index (χ2v) is 15.5. The van der Waals surface area contributed by atoms with E-state index in [2.05, 4.69) is 0 Å². The number of aryl methyl sites for hydroxylation is 1. The number of carbonyl (C=O) groups excluding carboxylic acids is 6. The van der Waals surface area contributed by atoms with Gasteiger partial charge in [0.25, 0.3) is 0 Å². The van der Waals surface area contributed by atoms with Crippen LogP contribution in [0.25, 0.3) is 11.0 Å². The van der Waals surface area contributed by atoms with Gasteiger partial charge in [-0.1, -0.05) is 54.6 Å². The zero-order valence-corrected chi connectivity index (χ0v) is 36.8. The van der Waals surface area contributed by atoms with Gasteiger partial charge in [-0.15, -0.1) is 0 Å². The van der Waals surface area contributed by atoms with E-state index in [4.69, 9.17) is 51.8 Å². The molecule has 0 N–H and O–H groups in total. The highest BCUT2D eigenvalue weighted by Gasteiger charge is 2.57. The van der Waals surface area contributed by atoms with Crippen LogP contribution in [0.15, 0.2) is 124 Å². The van der Waals surface area contributed by atoms with Crippen molar-refractivity contribution in [3.8, 4) is 5.75 Å². The lowest BCUT2D eigenvalue weighted by Crippen LogP contribution is -2.67. The summed E-state index contributed by atoms with van der Waals surface area (Å²) in [6.07, 6.45) is -16.0. The lowest BCUT2D eigenvalue weighted by atomic mass is 9.96. The predicted molar refractivity (Wildman–Crippen MR) is 230 cm³/mol.